The molecule has 1 heterocycles. The third kappa shape index (κ3) is 4.05. The Morgan fingerprint density at radius 1 is 1.24 bits per heavy atom. The standard InChI is InChI=1S/C17H20N2O2/c1-3-21-17(20)15-9-6-11-18-16(15)19-12-10-14-8-5-4-7-13(14)2/h4-9,11H,3,10,12H2,1-2H3,(H,18,19). The highest BCUT2D eigenvalue weighted by molar-refractivity contribution is 5.94. The van der Waals surface area contributed by atoms with Crippen LogP contribution < -0.4 is 5.32 Å². The third-order valence-corrected chi connectivity index (χ3v) is 3.25. The Kier molecular flexibility index (Phi) is 5.32. The number of esters is 1. The second kappa shape index (κ2) is 7.43. The van der Waals surface area contributed by atoms with Gasteiger partial charge in [0, 0.05) is 12.7 Å². The fourth-order valence-electron chi connectivity index (χ4n) is 2.13. The van der Waals surface area contributed by atoms with Gasteiger partial charge in [-0.2, -0.15) is 0 Å². The molecule has 4 heteroatoms. The minimum atomic E-state index is -0.344. The molecule has 0 aliphatic heterocycles. The van der Waals surface area contributed by atoms with Gasteiger partial charge in [0.05, 0.1) is 6.61 Å². The Labute approximate surface area is 125 Å². The van der Waals surface area contributed by atoms with Gasteiger partial charge in [-0.3, -0.25) is 0 Å². The molecule has 0 spiro atoms. The molecule has 0 aliphatic rings. The Bertz CT molecular complexity index is 611. The number of carbonyl (C=O) groups is 1. The molecule has 2 aromatic rings. The van der Waals surface area contributed by atoms with Crippen molar-refractivity contribution in [3.63, 3.8) is 0 Å². The minimum absolute atomic E-state index is 0.344. The van der Waals surface area contributed by atoms with Crippen LogP contribution in [0.5, 0.6) is 0 Å². The predicted molar refractivity (Wildman–Crippen MR) is 83.6 cm³/mol. The van der Waals surface area contributed by atoms with E-state index in [-0.39, 0.29) is 5.97 Å². The van der Waals surface area contributed by atoms with Crippen LogP contribution in [0, 0.1) is 6.92 Å². The van der Waals surface area contributed by atoms with E-state index in [0.717, 1.165) is 6.42 Å². The molecule has 0 saturated carbocycles. The van der Waals surface area contributed by atoms with Gasteiger partial charge in [0.15, 0.2) is 0 Å². The first-order valence-corrected chi connectivity index (χ1v) is 7.13. The molecule has 0 fully saturated rings. The normalized spacial score (nSPS) is 10.2. The fourth-order valence-corrected chi connectivity index (χ4v) is 2.13. The van der Waals surface area contributed by atoms with E-state index in [1.165, 1.54) is 11.1 Å². The molecule has 2 rings (SSSR count). The summed E-state index contributed by atoms with van der Waals surface area (Å²) in [6.07, 6.45) is 2.55. The number of anilines is 1. The van der Waals surface area contributed by atoms with Gasteiger partial charge in [-0.15, -0.1) is 0 Å². The van der Waals surface area contributed by atoms with E-state index in [0.29, 0.717) is 24.5 Å². The van der Waals surface area contributed by atoms with Gasteiger partial charge >= 0.3 is 5.97 Å². The molecule has 1 aromatic carbocycles. The van der Waals surface area contributed by atoms with Gasteiger partial charge in [0.25, 0.3) is 0 Å². The van der Waals surface area contributed by atoms with Gasteiger partial charge in [0.2, 0.25) is 0 Å². The number of benzene rings is 1. The first-order chi connectivity index (χ1) is 10.2. The van der Waals surface area contributed by atoms with Crippen molar-refractivity contribution in [3.8, 4) is 0 Å². The number of aromatic nitrogens is 1. The van der Waals surface area contributed by atoms with Crippen LogP contribution in [0.25, 0.3) is 0 Å². The lowest BCUT2D eigenvalue weighted by atomic mass is 10.1. The van der Waals surface area contributed by atoms with Crippen LogP contribution in [0.15, 0.2) is 42.6 Å². The van der Waals surface area contributed by atoms with Crippen LogP contribution in [-0.4, -0.2) is 24.1 Å². The number of hydrogen-bond donors (Lipinski definition) is 1. The van der Waals surface area contributed by atoms with E-state index in [1.807, 2.05) is 12.1 Å². The Morgan fingerprint density at radius 3 is 2.81 bits per heavy atom. The smallest absolute Gasteiger partial charge is 0.341 e. The molecule has 1 N–H and O–H groups in total. The molecule has 0 unspecified atom stereocenters. The summed E-state index contributed by atoms with van der Waals surface area (Å²) in [5, 5.41) is 3.22. The van der Waals surface area contributed by atoms with Crippen LogP contribution in [0.1, 0.15) is 28.4 Å². The molecule has 4 nitrogen and oxygen atoms in total. The van der Waals surface area contributed by atoms with Crippen molar-refractivity contribution in [3.05, 3.63) is 59.3 Å². The summed E-state index contributed by atoms with van der Waals surface area (Å²) in [5.41, 5.74) is 3.04. The topological polar surface area (TPSA) is 51.2 Å². The maximum atomic E-state index is 11.9. The summed E-state index contributed by atoms with van der Waals surface area (Å²) >= 11 is 0. The third-order valence-electron chi connectivity index (χ3n) is 3.25. The Hall–Kier alpha value is -2.36. The molecular formula is C17H20N2O2. The van der Waals surface area contributed by atoms with E-state index in [4.69, 9.17) is 4.74 Å². The summed E-state index contributed by atoms with van der Waals surface area (Å²) in [6.45, 7) is 4.96. The molecule has 21 heavy (non-hydrogen) atoms. The molecule has 1 aromatic heterocycles. The monoisotopic (exact) mass is 284 g/mol. The van der Waals surface area contributed by atoms with E-state index in [9.17, 15) is 4.79 Å². The van der Waals surface area contributed by atoms with Gasteiger partial charge in [-0.05, 0) is 43.5 Å². The van der Waals surface area contributed by atoms with Crippen LogP contribution in [0.3, 0.4) is 0 Å². The largest absolute Gasteiger partial charge is 0.462 e. The SMILES string of the molecule is CCOC(=O)c1cccnc1NCCc1ccccc1C. The number of carbonyl (C=O) groups excluding carboxylic acids is 1. The maximum absolute atomic E-state index is 11.9. The van der Waals surface area contributed by atoms with Crippen molar-refractivity contribution in [1.29, 1.82) is 0 Å². The average Bonchev–Trinajstić information content (AvgIpc) is 2.50. The lowest BCUT2D eigenvalue weighted by molar-refractivity contribution is 0.0527. The molecule has 0 bridgehead atoms. The lowest BCUT2D eigenvalue weighted by Crippen LogP contribution is -2.13. The quantitative estimate of drug-likeness (QED) is 0.827. The predicted octanol–water partition coefficient (Wildman–Crippen LogP) is 3.22. The highest BCUT2D eigenvalue weighted by atomic mass is 16.5. The summed E-state index contributed by atoms with van der Waals surface area (Å²) in [5.74, 6) is 0.230. The van der Waals surface area contributed by atoms with Crippen molar-refractivity contribution >= 4 is 11.8 Å². The van der Waals surface area contributed by atoms with Crippen molar-refractivity contribution in [1.82, 2.24) is 4.98 Å². The van der Waals surface area contributed by atoms with Crippen LogP contribution in [0.4, 0.5) is 5.82 Å². The zero-order valence-corrected chi connectivity index (χ0v) is 12.4. The van der Waals surface area contributed by atoms with Crippen molar-refractivity contribution in [2.24, 2.45) is 0 Å². The summed E-state index contributed by atoms with van der Waals surface area (Å²) in [4.78, 5) is 16.1. The summed E-state index contributed by atoms with van der Waals surface area (Å²) < 4.78 is 5.03. The second-order valence-electron chi connectivity index (χ2n) is 4.72. The molecule has 0 radical (unpaired) electrons. The van der Waals surface area contributed by atoms with Crippen LogP contribution in [0.2, 0.25) is 0 Å². The lowest BCUT2D eigenvalue weighted by Gasteiger charge is -2.11. The van der Waals surface area contributed by atoms with Gasteiger partial charge in [-0.25, -0.2) is 9.78 Å². The average molecular weight is 284 g/mol. The zero-order chi connectivity index (χ0) is 15.1. The highest BCUT2D eigenvalue weighted by Gasteiger charge is 2.12. The summed E-state index contributed by atoms with van der Waals surface area (Å²) in [7, 11) is 0. The molecule has 110 valence electrons. The van der Waals surface area contributed by atoms with Gasteiger partial charge in [0.1, 0.15) is 11.4 Å². The molecule has 0 atom stereocenters. The summed E-state index contributed by atoms with van der Waals surface area (Å²) in [6, 6.07) is 11.7. The molecule has 0 amide bonds. The minimum Gasteiger partial charge on any atom is -0.462 e. The van der Waals surface area contributed by atoms with Crippen LogP contribution in [-0.2, 0) is 11.2 Å². The second-order valence-corrected chi connectivity index (χ2v) is 4.72. The fraction of sp³-hybridized carbons (Fsp3) is 0.294. The number of rotatable bonds is 6. The molecule has 0 aliphatic carbocycles. The molecule has 0 saturated heterocycles. The number of ether oxygens (including phenoxy) is 1. The number of pyridine rings is 1. The van der Waals surface area contributed by atoms with Crippen molar-refractivity contribution in [2.75, 3.05) is 18.5 Å². The zero-order valence-electron chi connectivity index (χ0n) is 12.4. The number of nitrogens with zero attached hydrogens (tertiary/aromatic N) is 1. The first-order valence-electron chi connectivity index (χ1n) is 7.13. The Balaban J connectivity index is 2.00. The number of nitrogens with one attached hydrogen (secondary N) is 1. The maximum Gasteiger partial charge on any atom is 0.341 e. The molecular weight excluding hydrogens is 264 g/mol. The Morgan fingerprint density at radius 2 is 2.05 bits per heavy atom. The number of hydrogen-bond acceptors (Lipinski definition) is 4. The van der Waals surface area contributed by atoms with E-state index >= 15 is 0 Å². The van der Waals surface area contributed by atoms with E-state index < -0.39 is 0 Å². The van der Waals surface area contributed by atoms with Crippen molar-refractivity contribution < 1.29 is 9.53 Å². The first kappa shape index (κ1) is 15.0. The van der Waals surface area contributed by atoms with Crippen LogP contribution >= 0.6 is 0 Å². The highest BCUT2D eigenvalue weighted by Crippen LogP contribution is 2.14. The van der Waals surface area contributed by atoms with E-state index in [1.54, 1.807) is 25.3 Å². The van der Waals surface area contributed by atoms with E-state index in [2.05, 4.69) is 29.4 Å². The number of aryl methyl sites for hydroxylation is 1. The van der Waals surface area contributed by atoms with Crippen molar-refractivity contribution in [2.45, 2.75) is 20.3 Å². The van der Waals surface area contributed by atoms with Gasteiger partial charge < -0.3 is 10.1 Å². The van der Waals surface area contributed by atoms with Gasteiger partial charge in [-0.1, -0.05) is 24.3 Å².